The highest BCUT2D eigenvalue weighted by atomic mass is 16.4. The number of aromatic nitrogens is 8. The highest BCUT2D eigenvalue weighted by molar-refractivity contribution is 5.98. The van der Waals surface area contributed by atoms with Crippen molar-refractivity contribution in [3.8, 4) is 68.0 Å². The Kier molecular flexibility index (Phi) is 28.7. The van der Waals surface area contributed by atoms with E-state index in [1.807, 2.05) is 53.4 Å². The van der Waals surface area contributed by atoms with Crippen LogP contribution in [0.4, 0.5) is 0 Å². The van der Waals surface area contributed by atoms with E-state index in [0.717, 1.165) is 215 Å². The third-order valence-electron chi connectivity index (χ3n) is 24.8. The second-order valence-corrected chi connectivity index (χ2v) is 33.3. The molecule has 0 radical (unpaired) electrons. The molecular weight excluding hydrogens is 1600 g/mol. The number of aryl methyl sites for hydroxylation is 8. The van der Waals surface area contributed by atoms with Crippen LogP contribution in [-0.4, -0.2) is 175 Å². The van der Waals surface area contributed by atoms with E-state index in [1.165, 1.54) is 50.6 Å². The molecule has 16 rings (SSSR count). The summed E-state index contributed by atoms with van der Waals surface area (Å²) in [5, 5.41) is 100. The number of aromatic amines is 4. The lowest BCUT2D eigenvalue weighted by Gasteiger charge is -2.13. The normalized spacial score (nSPS) is 13.1. The van der Waals surface area contributed by atoms with Gasteiger partial charge in [-0.3, -0.25) is 19.2 Å². The van der Waals surface area contributed by atoms with E-state index in [2.05, 4.69) is 145 Å². The van der Waals surface area contributed by atoms with Gasteiger partial charge in [-0.1, -0.05) is 45.4 Å². The predicted molar refractivity (Wildman–Crippen MR) is 485 cm³/mol. The number of nitrogens with one attached hydrogen (secondary N) is 9. The summed E-state index contributed by atoms with van der Waals surface area (Å²) in [5.41, 5.74) is 20.9. The van der Waals surface area contributed by atoms with E-state index >= 15 is 0 Å². The van der Waals surface area contributed by atoms with Gasteiger partial charge in [0.2, 0.25) is 0 Å². The first-order valence-electron chi connectivity index (χ1n) is 43.2. The minimum absolute atomic E-state index is 0.410. The Morgan fingerprint density at radius 3 is 0.920 bits per heavy atom. The average Bonchev–Trinajstić information content (AvgIpc) is 1.65. The number of aromatic hydroxyl groups is 4. The van der Waals surface area contributed by atoms with Gasteiger partial charge in [-0.2, -0.15) is 0 Å². The van der Waals surface area contributed by atoms with E-state index < -0.39 is 91.4 Å². The number of hydrogen-bond acceptors (Lipinski definition) is 19. The number of hydrogen-bond donors (Lipinski definition) is 18. The molecule has 0 aliphatic heterocycles. The zero-order chi connectivity index (χ0) is 89.4. The van der Waals surface area contributed by atoms with Gasteiger partial charge in [0.1, 0.15) is 23.0 Å². The number of carboxylic acids is 4. The molecule has 0 unspecified atom stereocenters. The number of benzene rings is 4. The largest absolute Gasteiger partial charge is 0.506 e. The lowest BCUT2D eigenvalue weighted by molar-refractivity contribution is 0.0680. The fourth-order valence-corrected chi connectivity index (χ4v) is 18.1. The maximum absolute atomic E-state index is 12.4. The monoisotopic (exact) mass is 1710 g/mol. The van der Waals surface area contributed by atoms with Crippen LogP contribution >= 0.6 is 0 Å². The van der Waals surface area contributed by atoms with Gasteiger partial charge in [-0.25, -0.2) is 19.2 Å². The molecule has 4 aliphatic carbocycles. The molecule has 0 atom stereocenters. The van der Waals surface area contributed by atoms with Gasteiger partial charge < -0.3 is 116 Å². The third-order valence-corrected chi connectivity index (χ3v) is 24.8. The summed E-state index contributed by atoms with van der Waals surface area (Å²) in [5.74, 6) is -7.36. The van der Waals surface area contributed by atoms with Crippen LogP contribution in [0.1, 0.15) is 186 Å². The van der Waals surface area contributed by atoms with Crippen molar-refractivity contribution in [2.75, 3.05) is 67.0 Å². The Morgan fingerprint density at radius 2 is 0.648 bits per heavy atom. The first-order valence-corrected chi connectivity index (χ1v) is 43.2. The highest BCUT2D eigenvalue weighted by Gasteiger charge is 2.32. The molecule has 4 aromatic carbocycles. The molecule has 0 spiro atoms. The summed E-state index contributed by atoms with van der Waals surface area (Å²) in [7, 11) is 14.2. The van der Waals surface area contributed by atoms with Gasteiger partial charge in [-0.05, 0) is 206 Å². The molecule has 0 saturated carbocycles. The molecule has 8 heterocycles. The van der Waals surface area contributed by atoms with E-state index in [-0.39, 0.29) is 0 Å². The van der Waals surface area contributed by atoms with Crippen LogP contribution < -0.4 is 54.6 Å². The molecule has 8 aromatic heterocycles. The Hall–Kier alpha value is -12.4. The third kappa shape index (κ3) is 19.2. The summed E-state index contributed by atoms with van der Waals surface area (Å²) in [6, 6.07) is 25.2. The summed E-state index contributed by atoms with van der Waals surface area (Å²) in [6.45, 7) is 11.2. The lowest BCUT2D eigenvalue weighted by atomic mass is 9.98. The van der Waals surface area contributed by atoms with Crippen molar-refractivity contribution in [3.05, 3.63) is 204 Å². The standard InChI is InChI=1S/C28H37N3O4.C23H28N4O4.C22H26N4O4.C21H24N4O4/c1-3-4-5-6-7-8-9-13-29-17-20-14-19-15-22-18(16-23(19)31(20)2)11-10-12-21-25(22)30-27(33)24(26(21)32)28(34)35;1-26(2)8-7-24-12-15-9-14-10-17-13(11-18(14)27(15)3)5-4-6-16-20(17)25-22(29)19(21(16)28)23(30)31;1-23-6-7-24-11-14-8-13-9-16-12(10-17(13)26(14)2)4-3-5-15-19(16)25-21(28)18(20(15)27)22(29)30;1-25-13(10-23-6-5-22)7-12-8-15-11(9-16(12)25)3-2-4-14-18(15)24-20(27)17(19(14)26)21(28)29/h14-16,29H,3-13,17H2,1-2H3,(H,34,35)(H2,30,32,33);9-11,24H,4-8,12H2,1-3H3,(H,30,31)(H2,25,28,29);8-10,23-24H,3-7,11H2,1-2H3,(H,29,30)(H2,25,27,28);7-9,23H,2-6,10,22H2,1H3,(H,28,29)(H2,24,26,27). The van der Waals surface area contributed by atoms with Crippen LogP contribution in [0.2, 0.25) is 0 Å². The van der Waals surface area contributed by atoms with Crippen molar-refractivity contribution < 1.29 is 60.0 Å². The number of fused-ring (bicyclic) bond motifs is 16. The van der Waals surface area contributed by atoms with E-state index in [1.54, 1.807) is 0 Å². The minimum Gasteiger partial charge on any atom is -0.506 e. The number of unbranched alkanes of at least 4 members (excludes halogenated alkanes) is 6. The number of likely N-dealkylation sites (N-methyl/N-ethyl adjacent to an activating group) is 2. The molecule has 662 valence electrons. The molecule has 31 heteroatoms. The van der Waals surface area contributed by atoms with Crippen LogP contribution in [0, 0.1) is 0 Å². The van der Waals surface area contributed by atoms with Crippen molar-refractivity contribution in [3.63, 3.8) is 0 Å². The molecule has 4 aliphatic rings. The SMILES string of the molecule is CCCCCCCCCNCc1cc2cc3c(cc2n1C)CCCc1c-3[nH]c(=O)c(C(=O)O)c1O.CN(C)CCNCc1cc2cc3c(cc2n1C)CCCc1c-3[nH]c(=O)c(C(=O)O)c1O.CNCCNCc1cc2cc3c(cc2n1C)CCCc1c-3[nH]c(=O)c(C(=O)O)c1O.Cn1c(CNCCN)cc2cc3c(cc21)CCCc1c-3[nH]c(=O)c(C(=O)O)c1O. The number of carboxylic acid groups (broad SMARTS) is 4. The molecular formula is C94H115N15O16. The first-order chi connectivity index (χ1) is 60.0. The summed E-state index contributed by atoms with van der Waals surface area (Å²) < 4.78 is 8.70. The molecule has 0 saturated heterocycles. The zero-order valence-corrected chi connectivity index (χ0v) is 72.3. The second-order valence-electron chi connectivity index (χ2n) is 33.3. The lowest BCUT2D eigenvalue weighted by Crippen LogP contribution is -2.26. The van der Waals surface area contributed by atoms with Gasteiger partial charge in [0.15, 0.2) is 22.3 Å². The Bertz CT molecular complexity index is 6390. The quantitative estimate of drug-likeness (QED) is 0.0203. The van der Waals surface area contributed by atoms with Crippen LogP contribution in [0.15, 0.2) is 92.0 Å². The van der Waals surface area contributed by atoms with Crippen LogP contribution in [0.25, 0.3) is 88.6 Å². The summed E-state index contributed by atoms with van der Waals surface area (Å²) in [4.78, 5) is 108. The number of rotatable bonds is 28. The molecule has 125 heavy (non-hydrogen) atoms. The Balaban J connectivity index is 0.000000143. The van der Waals surface area contributed by atoms with Crippen LogP contribution in [0.5, 0.6) is 23.0 Å². The summed E-state index contributed by atoms with van der Waals surface area (Å²) >= 11 is 0. The van der Waals surface area contributed by atoms with Crippen molar-refractivity contribution >= 4 is 67.5 Å². The van der Waals surface area contributed by atoms with Gasteiger partial charge in [-0.15, -0.1) is 0 Å². The first kappa shape index (κ1) is 90.4. The van der Waals surface area contributed by atoms with Gasteiger partial charge in [0, 0.05) is 205 Å². The maximum Gasteiger partial charge on any atom is 0.345 e. The maximum atomic E-state index is 12.4. The number of nitrogens with two attached hydrogens (primary N) is 1. The highest BCUT2D eigenvalue weighted by Crippen LogP contribution is 2.44. The second kappa shape index (κ2) is 39.7. The number of pyridine rings is 4. The van der Waals surface area contributed by atoms with E-state index in [9.17, 15) is 79.2 Å². The molecule has 0 fully saturated rings. The number of H-pyrrole nitrogens is 4. The van der Waals surface area contributed by atoms with E-state index in [4.69, 9.17) is 5.73 Å². The smallest absolute Gasteiger partial charge is 0.345 e. The predicted octanol–water partition coefficient (Wildman–Crippen LogP) is 10.6. The van der Waals surface area contributed by atoms with Crippen molar-refractivity contribution in [1.82, 2.24) is 69.7 Å². The van der Waals surface area contributed by atoms with Gasteiger partial charge in [0.05, 0.1) is 22.8 Å². The van der Waals surface area contributed by atoms with Gasteiger partial charge >= 0.3 is 23.9 Å². The number of carbonyl (C=O) groups is 4. The molecule has 19 N–H and O–H groups in total. The minimum atomic E-state index is -1.43. The fourth-order valence-electron chi connectivity index (χ4n) is 18.1. The number of aromatic carboxylic acids is 4. The van der Waals surface area contributed by atoms with Gasteiger partial charge in [0.25, 0.3) is 22.2 Å². The number of nitrogens with zero attached hydrogens (tertiary/aromatic N) is 5. The topological polar surface area (TPSA) is 471 Å². The molecule has 12 aromatic rings. The summed E-state index contributed by atoms with van der Waals surface area (Å²) in [6.07, 6.45) is 17.3. The van der Waals surface area contributed by atoms with Crippen LogP contribution in [0.3, 0.4) is 0 Å². The Morgan fingerprint density at radius 1 is 0.376 bits per heavy atom. The average molecular weight is 1710 g/mol. The Labute approximate surface area is 721 Å². The van der Waals surface area contributed by atoms with Crippen molar-refractivity contribution in [2.45, 2.75) is 155 Å². The van der Waals surface area contributed by atoms with E-state index in [0.29, 0.717) is 83.8 Å². The van der Waals surface area contributed by atoms with Crippen molar-refractivity contribution in [1.29, 1.82) is 0 Å². The van der Waals surface area contributed by atoms with Crippen LogP contribution in [-0.2, 0) is 106 Å². The zero-order valence-electron chi connectivity index (χ0n) is 72.3. The molecule has 0 amide bonds. The fraction of sp³-hybridized carbons (Fsp3) is 0.404. The molecule has 0 bridgehead atoms. The van der Waals surface area contributed by atoms with Crippen molar-refractivity contribution in [2.24, 2.45) is 33.9 Å². The molecule has 31 nitrogen and oxygen atoms in total.